The van der Waals surface area contributed by atoms with Crippen LogP contribution in [-0.4, -0.2) is 88.3 Å². The summed E-state index contributed by atoms with van der Waals surface area (Å²) in [7, 11) is 0. The van der Waals surface area contributed by atoms with E-state index in [9.17, 15) is 9.59 Å². The molecular formula is C28H37N5O3. The molecule has 2 aromatic rings. The number of ether oxygens (including phenoxy) is 1. The normalized spacial score (nSPS) is 24.5. The molecule has 0 radical (unpaired) electrons. The zero-order valence-corrected chi connectivity index (χ0v) is 21.3. The lowest BCUT2D eigenvalue weighted by Crippen LogP contribution is -2.50. The highest BCUT2D eigenvalue weighted by Crippen LogP contribution is 2.34. The van der Waals surface area contributed by atoms with Crippen LogP contribution < -0.4 is 0 Å². The molecule has 4 aliphatic rings. The maximum absolute atomic E-state index is 13.3. The van der Waals surface area contributed by atoms with Crippen LogP contribution in [0.15, 0.2) is 24.3 Å². The first kappa shape index (κ1) is 23.7. The Hall–Kier alpha value is -2.71. The van der Waals surface area contributed by atoms with E-state index in [1.807, 2.05) is 21.4 Å². The van der Waals surface area contributed by atoms with Crippen LogP contribution in [0.1, 0.15) is 65.1 Å². The fraction of sp³-hybridized carbons (Fsp3) is 0.607. The first-order valence-electron chi connectivity index (χ1n) is 13.7. The maximum Gasteiger partial charge on any atom is 0.274 e. The second-order valence-corrected chi connectivity index (χ2v) is 10.7. The summed E-state index contributed by atoms with van der Waals surface area (Å²) in [6, 6.07) is 9.31. The number of morpholine rings is 1. The Kier molecular flexibility index (Phi) is 6.56. The molecule has 0 bridgehead atoms. The third kappa shape index (κ3) is 4.45. The molecule has 6 rings (SSSR count). The van der Waals surface area contributed by atoms with Gasteiger partial charge in [-0.15, -0.1) is 0 Å². The molecule has 0 spiro atoms. The van der Waals surface area contributed by atoms with Crippen LogP contribution in [0.4, 0.5) is 0 Å². The lowest BCUT2D eigenvalue weighted by molar-refractivity contribution is -0.134. The van der Waals surface area contributed by atoms with Crippen molar-refractivity contribution in [3.63, 3.8) is 0 Å². The highest BCUT2D eigenvalue weighted by atomic mass is 16.5. The zero-order chi connectivity index (χ0) is 24.6. The number of amides is 2. The van der Waals surface area contributed by atoms with Gasteiger partial charge in [0.15, 0.2) is 5.69 Å². The van der Waals surface area contributed by atoms with Gasteiger partial charge in [0.1, 0.15) is 6.54 Å². The van der Waals surface area contributed by atoms with Crippen molar-refractivity contribution in [2.24, 2.45) is 0 Å². The fourth-order valence-electron chi connectivity index (χ4n) is 6.58. The summed E-state index contributed by atoms with van der Waals surface area (Å²) >= 11 is 0. The summed E-state index contributed by atoms with van der Waals surface area (Å²) in [4.78, 5) is 33.0. The van der Waals surface area contributed by atoms with Crippen LogP contribution in [0.3, 0.4) is 0 Å². The first-order chi connectivity index (χ1) is 17.6. The number of aromatic nitrogens is 2. The predicted octanol–water partition coefficient (Wildman–Crippen LogP) is 2.45. The molecule has 36 heavy (non-hydrogen) atoms. The molecule has 0 N–H and O–H groups in total. The maximum atomic E-state index is 13.3. The second-order valence-electron chi connectivity index (χ2n) is 10.7. The molecule has 2 fully saturated rings. The van der Waals surface area contributed by atoms with E-state index < -0.39 is 0 Å². The van der Waals surface area contributed by atoms with Crippen molar-refractivity contribution >= 4 is 11.8 Å². The molecule has 1 unspecified atom stereocenters. The molecule has 1 aromatic carbocycles. The SMILES string of the molecule is C[C@@H]1CN(C(=O)c2nn(CC(=O)N3CCN(C4CCCc5ccccc54)CC3)c3c2CCC3)CCO1. The van der Waals surface area contributed by atoms with Crippen molar-refractivity contribution < 1.29 is 14.3 Å². The Balaban J connectivity index is 1.11. The van der Waals surface area contributed by atoms with E-state index >= 15 is 0 Å². The van der Waals surface area contributed by atoms with Crippen LogP contribution in [0.25, 0.3) is 0 Å². The highest BCUT2D eigenvalue weighted by molar-refractivity contribution is 5.94. The number of fused-ring (bicyclic) bond motifs is 2. The molecule has 2 aliphatic heterocycles. The number of benzene rings is 1. The average molecular weight is 492 g/mol. The molecule has 8 nitrogen and oxygen atoms in total. The molecule has 8 heteroatoms. The van der Waals surface area contributed by atoms with Gasteiger partial charge in [0, 0.05) is 56.6 Å². The van der Waals surface area contributed by atoms with E-state index in [4.69, 9.17) is 9.84 Å². The van der Waals surface area contributed by atoms with E-state index in [2.05, 4.69) is 29.2 Å². The summed E-state index contributed by atoms with van der Waals surface area (Å²) in [6.45, 7) is 7.27. The van der Waals surface area contributed by atoms with Crippen molar-refractivity contribution in [2.75, 3.05) is 45.9 Å². The lowest BCUT2D eigenvalue weighted by atomic mass is 9.86. The Morgan fingerprint density at radius 1 is 1.00 bits per heavy atom. The Bertz CT molecular complexity index is 1140. The third-order valence-corrected chi connectivity index (χ3v) is 8.47. The van der Waals surface area contributed by atoms with Gasteiger partial charge >= 0.3 is 0 Å². The number of hydrogen-bond acceptors (Lipinski definition) is 5. The van der Waals surface area contributed by atoms with Crippen LogP contribution in [0.2, 0.25) is 0 Å². The molecular weight excluding hydrogens is 454 g/mol. The minimum absolute atomic E-state index is 0.0177. The third-order valence-electron chi connectivity index (χ3n) is 8.47. The van der Waals surface area contributed by atoms with Gasteiger partial charge in [-0.1, -0.05) is 24.3 Å². The largest absolute Gasteiger partial charge is 0.375 e. The number of carbonyl (C=O) groups excluding carboxylic acids is 2. The fourth-order valence-corrected chi connectivity index (χ4v) is 6.58. The summed E-state index contributed by atoms with van der Waals surface area (Å²) < 4.78 is 7.43. The first-order valence-corrected chi connectivity index (χ1v) is 13.7. The molecule has 192 valence electrons. The zero-order valence-electron chi connectivity index (χ0n) is 21.3. The number of rotatable bonds is 4. The van der Waals surface area contributed by atoms with Gasteiger partial charge in [-0.3, -0.25) is 19.2 Å². The van der Waals surface area contributed by atoms with Gasteiger partial charge < -0.3 is 14.5 Å². The quantitative estimate of drug-likeness (QED) is 0.657. The molecule has 2 aliphatic carbocycles. The van der Waals surface area contributed by atoms with Crippen LogP contribution >= 0.6 is 0 Å². The van der Waals surface area contributed by atoms with Gasteiger partial charge in [-0.05, 0) is 56.6 Å². The topological polar surface area (TPSA) is 70.9 Å². The summed E-state index contributed by atoms with van der Waals surface area (Å²) in [6.07, 6.45) is 6.42. The molecule has 2 atom stereocenters. The average Bonchev–Trinajstić information content (AvgIpc) is 3.52. The molecule has 2 amide bonds. The molecule has 2 saturated heterocycles. The van der Waals surface area contributed by atoms with Crippen LogP contribution in [-0.2, 0) is 35.3 Å². The van der Waals surface area contributed by atoms with Crippen molar-refractivity contribution in [1.29, 1.82) is 0 Å². The molecule has 1 aromatic heterocycles. The predicted molar refractivity (Wildman–Crippen MR) is 136 cm³/mol. The van der Waals surface area contributed by atoms with E-state index in [-0.39, 0.29) is 24.5 Å². The number of piperazine rings is 1. The minimum Gasteiger partial charge on any atom is -0.375 e. The number of nitrogens with zero attached hydrogens (tertiary/aromatic N) is 5. The van der Waals surface area contributed by atoms with Gasteiger partial charge in [-0.2, -0.15) is 5.10 Å². The van der Waals surface area contributed by atoms with Gasteiger partial charge in [0.05, 0.1) is 12.7 Å². The molecule has 0 saturated carbocycles. The number of hydrogen-bond donors (Lipinski definition) is 0. The summed E-state index contributed by atoms with van der Waals surface area (Å²) in [5.41, 5.74) is 5.63. The van der Waals surface area contributed by atoms with Crippen LogP contribution in [0, 0.1) is 0 Å². The monoisotopic (exact) mass is 491 g/mol. The Morgan fingerprint density at radius 3 is 2.67 bits per heavy atom. The van der Waals surface area contributed by atoms with Gasteiger partial charge in [0.25, 0.3) is 5.91 Å². The lowest BCUT2D eigenvalue weighted by Gasteiger charge is -2.41. The summed E-state index contributed by atoms with van der Waals surface area (Å²) in [5.74, 6) is 0.0887. The van der Waals surface area contributed by atoms with Crippen LogP contribution in [0.5, 0.6) is 0 Å². The Morgan fingerprint density at radius 2 is 1.83 bits per heavy atom. The minimum atomic E-state index is -0.0177. The van der Waals surface area contributed by atoms with Gasteiger partial charge in [-0.25, -0.2) is 0 Å². The van der Waals surface area contributed by atoms with E-state index in [1.54, 1.807) is 0 Å². The smallest absolute Gasteiger partial charge is 0.274 e. The Labute approximate surface area is 213 Å². The number of aryl methyl sites for hydroxylation is 1. The molecule has 3 heterocycles. The van der Waals surface area contributed by atoms with Crippen molar-refractivity contribution in [2.45, 2.75) is 64.1 Å². The van der Waals surface area contributed by atoms with Gasteiger partial charge in [0.2, 0.25) is 5.91 Å². The van der Waals surface area contributed by atoms with Crippen molar-refractivity contribution in [3.8, 4) is 0 Å². The van der Waals surface area contributed by atoms with E-state index in [0.717, 1.165) is 56.7 Å². The summed E-state index contributed by atoms with van der Waals surface area (Å²) in [5, 5.41) is 4.71. The standard InChI is InChI=1S/C28H37N5O3/c1-20-18-32(16-17-36-20)28(35)27-23-9-5-11-25(23)33(29-27)19-26(34)31-14-12-30(13-15-31)24-10-4-7-21-6-2-3-8-22(21)24/h2-3,6,8,20,24H,4-5,7,9-19H2,1H3/t20-,24?/m1/s1. The van der Waals surface area contributed by atoms with Crippen molar-refractivity contribution in [1.82, 2.24) is 24.5 Å². The number of carbonyl (C=O) groups is 2. The van der Waals surface area contributed by atoms with Crippen molar-refractivity contribution in [3.05, 3.63) is 52.3 Å². The van der Waals surface area contributed by atoms with E-state index in [1.165, 1.54) is 30.4 Å². The second kappa shape index (κ2) is 9.98. The van der Waals surface area contributed by atoms with E-state index in [0.29, 0.717) is 31.4 Å². The highest BCUT2D eigenvalue weighted by Gasteiger charge is 2.33.